The van der Waals surface area contributed by atoms with Gasteiger partial charge >= 0.3 is 5.97 Å². The van der Waals surface area contributed by atoms with Gasteiger partial charge in [0.05, 0.1) is 17.7 Å². The van der Waals surface area contributed by atoms with Gasteiger partial charge in [0.15, 0.2) is 0 Å². The monoisotopic (exact) mass is 279 g/mol. The molecule has 0 aliphatic carbocycles. The third kappa shape index (κ3) is 2.49. The maximum absolute atomic E-state index is 12.0. The van der Waals surface area contributed by atoms with E-state index in [0.29, 0.717) is 22.5 Å². The van der Waals surface area contributed by atoms with E-state index in [4.69, 9.17) is 16.3 Å². The molecule has 4 nitrogen and oxygen atoms in total. The van der Waals surface area contributed by atoms with E-state index >= 15 is 0 Å². The van der Waals surface area contributed by atoms with Gasteiger partial charge in [0.25, 0.3) is 5.56 Å². The lowest BCUT2D eigenvalue weighted by atomic mass is 10.1. The molecule has 5 heteroatoms. The molecule has 2 rings (SSSR count). The Kier molecular flexibility index (Phi) is 3.90. The Morgan fingerprint density at radius 1 is 1.32 bits per heavy atom. The molecule has 2 aromatic rings. The van der Waals surface area contributed by atoms with E-state index in [2.05, 4.69) is 0 Å². The highest BCUT2D eigenvalue weighted by atomic mass is 35.5. The van der Waals surface area contributed by atoms with Crippen LogP contribution in [0.4, 0.5) is 0 Å². The van der Waals surface area contributed by atoms with Gasteiger partial charge in [-0.2, -0.15) is 0 Å². The number of fused-ring (bicyclic) bond motifs is 1. The lowest BCUT2D eigenvalue weighted by Gasteiger charge is -2.11. The van der Waals surface area contributed by atoms with Crippen molar-refractivity contribution in [3.8, 4) is 0 Å². The summed E-state index contributed by atoms with van der Waals surface area (Å²) in [5, 5.41) is 1.15. The number of pyridine rings is 1. The van der Waals surface area contributed by atoms with Crippen LogP contribution in [-0.4, -0.2) is 17.1 Å². The van der Waals surface area contributed by atoms with Gasteiger partial charge in [0.2, 0.25) is 0 Å². The molecule has 0 fully saturated rings. The number of carbonyl (C=O) groups excluding carboxylic acids is 1. The van der Waals surface area contributed by atoms with Crippen molar-refractivity contribution in [1.29, 1.82) is 0 Å². The van der Waals surface area contributed by atoms with E-state index in [9.17, 15) is 9.59 Å². The Labute approximate surface area is 115 Å². The summed E-state index contributed by atoms with van der Waals surface area (Å²) in [5.41, 5.74) is 0.719. The van der Waals surface area contributed by atoms with E-state index < -0.39 is 5.97 Å². The lowest BCUT2D eigenvalue weighted by molar-refractivity contribution is 0.0528. The Balaban J connectivity index is 2.81. The number of rotatable bonds is 3. The fourth-order valence-corrected chi connectivity index (χ4v) is 2.23. The molecule has 0 atom stereocenters. The lowest BCUT2D eigenvalue weighted by Crippen LogP contribution is -2.21. The number of halogens is 1. The summed E-state index contributed by atoms with van der Waals surface area (Å²) >= 11 is 5.97. The molecule has 0 radical (unpaired) electrons. The molecular formula is C14H14ClNO3. The number of hydrogen-bond acceptors (Lipinski definition) is 3. The second-order valence-electron chi connectivity index (χ2n) is 4.02. The largest absolute Gasteiger partial charge is 0.462 e. The van der Waals surface area contributed by atoms with Gasteiger partial charge in [0, 0.05) is 23.0 Å². The van der Waals surface area contributed by atoms with E-state index in [0.717, 1.165) is 0 Å². The van der Waals surface area contributed by atoms with Gasteiger partial charge in [-0.1, -0.05) is 11.6 Å². The summed E-state index contributed by atoms with van der Waals surface area (Å²) in [5.74, 6) is -0.505. The van der Waals surface area contributed by atoms with Crippen molar-refractivity contribution in [2.24, 2.45) is 0 Å². The first-order valence-corrected chi connectivity index (χ1v) is 6.46. The number of ether oxygens (including phenoxy) is 1. The van der Waals surface area contributed by atoms with E-state index in [1.54, 1.807) is 29.7 Å². The normalized spacial score (nSPS) is 10.7. The zero-order valence-electron chi connectivity index (χ0n) is 10.8. The molecule has 1 aromatic heterocycles. The van der Waals surface area contributed by atoms with Crippen LogP contribution in [0.25, 0.3) is 10.9 Å². The molecule has 0 bridgehead atoms. The van der Waals surface area contributed by atoms with Crippen LogP contribution in [0.3, 0.4) is 0 Å². The number of benzene rings is 1. The Morgan fingerprint density at radius 3 is 2.68 bits per heavy atom. The quantitative estimate of drug-likeness (QED) is 0.812. The number of esters is 1. The molecule has 0 aliphatic rings. The van der Waals surface area contributed by atoms with Crippen LogP contribution in [0.15, 0.2) is 29.1 Å². The fraction of sp³-hybridized carbons (Fsp3) is 0.286. The van der Waals surface area contributed by atoms with Crippen LogP contribution in [0.2, 0.25) is 5.02 Å². The van der Waals surface area contributed by atoms with Crippen molar-refractivity contribution in [2.75, 3.05) is 6.61 Å². The summed E-state index contributed by atoms with van der Waals surface area (Å²) in [4.78, 5) is 23.9. The maximum atomic E-state index is 12.0. The van der Waals surface area contributed by atoms with Crippen LogP contribution < -0.4 is 5.56 Å². The van der Waals surface area contributed by atoms with Crippen LogP contribution in [-0.2, 0) is 11.3 Å². The third-order valence-electron chi connectivity index (χ3n) is 2.88. The Hall–Kier alpha value is -1.81. The van der Waals surface area contributed by atoms with E-state index in [-0.39, 0.29) is 17.7 Å². The standard InChI is InChI=1S/C14H14ClNO3/c1-3-16-12-6-5-9(15)7-10(12)11(8-13(16)17)14(18)19-4-2/h5-8H,3-4H2,1-2H3. The number of hydrogen-bond donors (Lipinski definition) is 0. The van der Waals surface area contributed by atoms with Gasteiger partial charge in [-0.25, -0.2) is 4.79 Å². The first-order chi connectivity index (χ1) is 9.08. The van der Waals surface area contributed by atoms with E-state index in [1.807, 2.05) is 6.92 Å². The van der Waals surface area contributed by atoms with Gasteiger partial charge in [-0.3, -0.25) is 4.79 Å². The second-order valence-corrected chi connectivity index (χ2v) is 4.46. The van der Waals surface area contributed by atoms with Crippen molar-refractivity contribution < 1.29 is 9.53 Å². The first kappa shape index (κ1) is 13.6. The van der Waals surface area contributed by atoms with Crippen molar-refractivity contribution in [3.05, 3.63) is 45.2 Å². The summed E-state index contributed by atoms with van der Waals surface area (Å²) in [6.07, 6.45) is 0. The molecule has 100 valence electrons. The highest BCUT2D eigenvalue weighted by molar-refractivity contribution is 6.31. The summed E-state index contributed by atoms with van der Waals surface area (Å²) in [6.45, 7) is 4.39. The SMILES string of the molecule is CCOC(=O)c1cc(=O)n(CC)c2ccc(Cl)cc12. The van der Waals surface area contributed by atoms with Crippen LogP contribution in [0, 0.1) is 0 Å². The number of aromatic nitrogens is 1. The topological polar surface area (TPSA) is 48.3 Å². The first-order valence-electron chi connectivity index (χ1n) is 6.08. The average Bonchev–Trinajstić information content (AvgIpc) is 2.38. The second kappa shape index (κ2) is 5.45. The molecule has 0 saturated carbocycles. The van der Waals surface area contributed by atoms with Crippen molar-refractivity contribution in [2.45, 2.75) is 20.4 Å². The van der Waals surface area contributed by atoms with Gasteiger partial charge in [-0.05, 0) is 32.0 Å². The predicted octanol–water partition coefficient (Wildman–Crippen LogP) is 2.85. The molecule has 0 spiro atoms. The molecule has 0 amide bonds. The highest BCUT2D eigenvalue weighted by Crippen LogP contribution is 2.22. The number of nitrogens with zero attached hydrogens (tertiary/aromatic N) is 1. The Morgan fingerprint density at radius 2 is 2.05 bits per heavy atom. The Bertz CT molecular complexity index is 691. The maximum Gasteiger partial charge on any atom is 0.339 e. The number of carbonyl (C=O) groups is 1. The molecule has 0 N–H and O–H groups in total. The zero-order chi connectivity index (χ0) is 14.0. The van der Waals surface area contributed by atoms with Crippen LogP contribution >= 0.6 is 11.6 Å². The van der Waals surface area contributed by atoms with Crippen molar-refractivity contribution in [1.82, 2.24) is 4.57 Å². The molecule has 0 aliphatic heterocycles. The minimum Gasteiger partial charge on any atom is -0.462 e. The molecular weight excluding hydrogens is 266 g/mol. The van der Waals surface area contributed by atoms with Crippen molar-refractivity contribution in [3.63, 3.8) is 0 Å². The van der Waals surface area contributed by atoms with Gasteiger partial charge in [0.1, 0.15) is 0 Å². The molecule has 1 aromatic carbocycles. The molecule has 19 heavy (non-hydrogen) atoms. The van der Waals surface area contributed by atoms with Crippen molar-refractivity contribution >= 4 is 28.5 Å². The third-order valence-corrected chi connectivity index (χ3v) is 3.12. The summed E-state index contributed by atoms with van der Waals surface area (Å²) in [7, 11) is 0. The minimum atomic E-state index is -0.505. The molecule has 1 heterocycles. The number of aryl methyl sites for hydroxylation is 1. The van der Waals surface area contributed by atoms with Crippen LogP contribution in [0.1, 0.15) is 24.2 Å². The summed E-state index contributed by atoms with van der Waals surface area (Å²) < 4.78 is 6.57. The zero-order valence-corrected chi connectivity index (χ0v) is 11.5. The van der Waals surface area contributed by atoms with Gasteiger partial charge in [-0.15, -0.1) is 0 Å². The average molecular weight is 280 g/mol. The minimum absolute atomic E-state index is 0.222. The summed E-state index contributed by atoms with van der Waals surface area (Å²) in [6, 6.07) is 6.42. The van der Waals surface area contributed by atoms with E-state index in [1.165, 1.54) is 6.07 Å². The predicted molar refractivity (Wildman–Crippen MR) is 74.8 cm³/mol. The highest BCUT2D eigenvalue weighted by Gasteiger charge is 2.15. The fourth-order valence-electron chi connectivity index (χ4n) is 2.06. The van der Waals surface area contributed by atoms with Gasteiger partial charge < -0.3 is 9.30 Å². The van der Waals surface area contributed by atoms with Crippen LogP contribution in [0.5, 0.6) is 0 Å². The molecule has 0 saturated heterocycles. The molecule has 0 unspecified atom stereocenters. The smallest absolute Gasteiger partial charge is 0.339 e.